The topological polar surface area (TPSA) is 64.9 Å². The molecular weight excluding hydrogens is 390 g/mol. The standard InChI is InChI=1S/C18H15BrClN3O/c19-16-5-1-13(2-6-16)10-22-12-15(9-21)18(24)23-11-14-3-7-17(20)8-4-14/h1-8,12,22H,10-11H2,(H,23,24)/b15-12-. The number of benzene rings is 2. The van der Waals surface area contributed by atoms with Gasteiger partial charge in [0.2, 0.25) is 0 Å². The smallest absolute Gasteiger partial charge is 0.263 e. The molecule has 2 rings (SSSR count). The summed E-state index contributed by atoms with van der Waals surface area (Å²) in [5, 5.41) is 15.4. The summed E-state index contributed by atoms with van der Waals surface area (Å²) < 4.78 is 1.00. The van der Waals surface area contributed by atoms with Gasteiger partial charge in [-0.1, -0.05) is 51.8 Å². The lowest BCUT2D eigenvalue weighted by molar-refractivity contribution is -0.117. The molecule has 0 aliphatic heterocycles. The van der Waals surface area contributed by atoms with Crippen LogP contribution < -0.4 is 10.6 Å². The number of nitrogens with one attached hydrogen (secondary N) is 2. The van der Waals surface area contributed by atoms with Gasteiger partial charge in [-0.3, -0.25) is 4.79 Å². The van der Waals surface area contributed by atoms with Gasteiger partial charge in [0.05, 0.1) is 0 Å². The average Bonchev–Trinajstić information content (AvgIpc) is 2.59. The van der Waals surface area contributed by atoms with E-state index in [2.05, 4.69) is 26.6 Å². The molecule has 0 unspecified atom stereocenters. The van der Waals surface area contributed by atoms with Gasteiger partial charge >= 0.3 is 0 Å². The van der Waals surface area contributed by atoms with E-state index in [0.29, 0.717) is 18.1 Å². The van der Waals surface area contributed by atoms with Gasteiger partial charge in [0.1, 0.15) is 11.6 Å². The summed E-state index contributed by atoms with van der Waals surface area (Å²) in [6.45, 7) is 0.866. The number of amides is 1. The molecule has 0 radical (unpaired) electrons. The third-order valence-corrected chi connectivity index (χ3v) is 3.98. The summed E-state index contributed by atoms with van der Waals surface area (Å²) in [7, 11) is 0. The van der Waals surface area contributed by atoms with Crippen molar-refractivity contribution in [2.24, 2.45) is 0 Å². The number of carbonyl (C=O) groups is 1. The van der Waals surface area contributed by atoms with Crippen molar-refractivity contribution in [3.8, 4) is 6.07 Å². The molecule has 2 aromatic rings. The van der Waals surface area contributed by atoms with Crippen LogP contribution in [0.15, 0.2) is 64.8 Å². The van der Waals surface area contributed by atoms with Gasteiger partial charge in [0.25, 0.3) is 5.91 Å². The number of rotatable bonds is 6. The molecule has 0 aliphatic rings. The highest BCUT2D eigenvalue weighted by Crippen LogP contribution is 2.11. The molecule has 2 N–H and O–H groups in total. The fourth-order valence-electron chi connectivity index (χ4n) is 1.90. The number of hydrogen-bond acceptors (Lipinski definition) is 3. The van der Waals surface area contributed by atoms with Gasteiger partial charge in [-0.05, 0) is 35.4 Å². The zero-order valence-electron chi connectivity index (χ0n) is 12.7. The van der Waals surface area contributed by atoms with Crippen LogP contribution in [-0.4, -0.2) is 5.91 Å². The Labute approximate surface area is 154 Å². The zero-order valence-corrected chi connectivity index (χ0v) is 15.1. The van der Waals surface area contributed by atoms with E-state index in [4.69, 9.17) is 16.9 Å². The number of halogens is 2. The van der Waals surface area contributed by atoms with Crippen molar-refractivity contribution in [1.82, 2.24) is 10.6 Å². The normalized spacial score (nSPS) is 10.8. The molecule has 24 heavy (non-hydrogen) atoms. The van der Waals surface area contributed by atoms with Crippen LogP contribution in [0.1, 0.15) is 11.1 Å². The maximum atomic E-state index is 12.0. The van der Waals surface area contributed by atoms with E-state index >= 15 is 0 Å². The first-order valence-corrected chi connectivity index (χ1v) is 8.36. The summed E-state index contributed by atoms with van der Waals surface area (Å²) in [5.41, 5.74) is 1.99. The highest BCUT2D eigenvalue weighted by Gasteiger charge is 2.08. The van der Waals surface area contributed by atoms with Crippen molar-refractivity contribution in [2.45, 2.75) is 13.1 Å². The van der Waals surface area contributed by atoms with E-state index in [1.807, 2.05) is 42.5 Å². The first-order chi connectivity index (χ1) is 11.6. The molecule has 6 heteroatoms. The van der Waals surface area contributed by atoms with Crippen LogP contribution in [0, 0.1) is 11.3 Å². The third-order valence-electron chi connectivity index (χ3n) is 3.20. The van der Waals surface area contributed by atoms with Crippen LogP contribution in [-0.2, 0) is 17.9 Å². The van der Waals surface area contributed by atoms with Crippen molar-refractivity contribution >= 4 is 33.4 Å². The molecule has 2 aromatic carbocycles. The van der Waals surface area contributed by atoms with E-state index in [-0.39, 0.29) is 5.57 Å². The Hall–Kier alpha value is -2.29. The number of hydrogen-bond donors (Lipinski definition) is 2. The van der Waals surface area contributed by atoms with Crippen LogP contribution in [0.4, 0.5) is 0 Å². The molecule has 0 bridgehead atoms. The fraction of sp³-hybridized carbons (Fsp3) is 0.111. The van der Waals surface area contributed by atoms with Crippen molar-refractivity contribution in [3.63, 3.8) is 0 Å². The minimum absolute atomic E-state index is 0.0288. The molecule has 4 nitrogen and oxygen atoms in total. The van der Waals surface area contributed by atoms with Crippen LogP contribution >= 0.6 is 27.5 Å². The molecule has 0 atom stereocenters. The lowest BCUT2D eigenvalue weighted by atomic mass is 10.2. The lowest BCUT2D eigenvalue weighted by Gasteiger charge is -2.06. The number of nitriles is 1. The molecule has 1 amide bonds. The molecule has 0 heterocycles. The summed E-state index contributed by atoms with van der Waals surface area (Å²) in [5.74, 6) is -0.421. The monoisotopic (exact) mass is 403 g/mol. The predicted molar refractivity (Wildman–Crippen MR) is 98.0 cm³/mol. The first-order valence-electron chi connectivity index (χ1n) is 7.19. The largest absolute Gasteiger partial charge is 0.386 e. The van der Waals surface area contributed by atoms with Crippen LogP contribution in [0.3, 0.4) is 0 Å². The molecule has 0 spiro atoms. The van der Waals surface area contributed by atoms with E-state index in [0.717, 1.165) is 15.6 Å². The maximum absolute atomic E-state index is 12.0. The summed E-state index contributed by atoms with van der Waals surface area (Å²) in [6, 6.07) is 16.8. The van der Waals surface area contributed by atoms with Crippen molar-refractivity contribution in [3.05, 3.63) is 80.9 Å². The molecule has 0 saturated carbocycles. The fourth-order valence-corrected chi connectivity index (χ4v) is 2.29. The summed E-state index contributed by atoms with van der Waals surface area (Å²) in [6.07, 6.45) is 1.43. The minimum Gasteiger partial charge on any atom is -0.386 e. The van der Waals surface area contributed by atoms with Gasteiger partial charge in [0.15, 0.2) is 0 Å². The Morgan fingerprint density at radius 2 is 1.67 bits per heavy atom. The van der Waals surface area contributed by atoms with E-state index < -0.39 is 5.91 Å². The molecule has 0 aliphatic carbocycles. The predicted octanol–water partition coefficient (Wildman–Crippen LogP) is 3.92. The van der Waals surface area contributed by atoms with Crippen molar-refractivity contribution in [2.75, 3.05) is 0 Å². The van der Waals surface area contributed by atoms with E-state index in [1.54, 1.807) is 12.1 Å². The molecule has 0 fully saturated rings. The van der Waals surface area contributed by atoms with Gasteiger partial charge in [0, 0.05) is 28.8 Å². The molecule has 122 valence electrons. The molecule has 0 aromatic heterocycles. The molecular formula is C18H15BrClN3O. The number of nitrogens with zero attached hydrogens (tertiary/aromatic N) is 1. The molecule has 0 saturated heterocycles. The summed E-state index contributed by atoms with van der Waals surface area (Å²) in [4.78, 5) is 12.0. The highest BCUT2D eigenvalue weighted by atomic mass is 79.9. The van der Waals surface area contributed by atoms with Crippen LogP contribution in [0.5, 0.6) is 0 Å². The van der Waals surface area contributed by atoms with Gasteiger partial charge < -0.3 is 10.6 Å². The lowest BCUT2D eigenvalue weighted by Crippen LogP contribution is -2.25. The second-order valence-electron chi connectivity index (χ2n) is 4.99. The maximum Gasteiger partial charge on any atom is 0.263 e. The number of carbonyl (C=O) groups excluding carboxylic acids is 1. The first kappa shape index (κ1) is 18.1. The quantitative estimate of drug-likeness (QED) is 0.566. The van der Waals surface area contributed by atoms with Gasteiger partial charge in [-0.25, -0.2) is 0 Å². The third kappa shape index (κ3) is 5.73. The second-order valence-corrected chi connectivity index (χ2v) is 6.34. The average molecular weight is 405 g/mol. The zero-order chi connectivity index (χ0) is 17.4. The Morgan fingerprint density at radius 1 is 1.08 bits per heavy atom. The van der Waals surface area contributed by atoms with Crippen LogP contribution in [0.25, 0.3) is 0 Å². The summed E-state index contributed by atoms with van der Waals surface area (Å²) >= 11 is 9.19. The Balaban J connectivity index is 1.87. The van der Waals surface area contributed by atoms with Crippen molar-refractivity contribution < 1.29 is 4.79 Å². The Bertz CT molecular complexity index is 764. The SMILES string of the molecule is N#C/C(=C/NCc1ccc(Br)cc1)C(=O)NCc1ccc(Cl)cc1. The van der Waals surface area contributed by atoms with Gasteiger partial charge in [-0.2, -0.15) is 5.26 Å². The second kappa shape index (κ2) is 9.11. The van der Waals surface area contributed by atoms with Crippen molar-refractivity contribution in [1.29, 1.82) is 5.26 Å². The Morgan fingerprint density at radius 3 is 2.29 bits per heavy atom. The highest BCUT2D eigenvalue weighted by molar-refractivity contribution is 9.10. The minimum atomic E-state index is -0.421. The van der Waals surface area contributed by atoms with E-state index in [9.17, 15) is 4.79 Å². The van der Waals surface area contributed by atoms with Crippen LogP contribution in [0.2, 0.25) is 5.02 Å². The van der Waals surface area contributed by atoms with E-state index in [1.165, 1.54) is 6.20 Å². The van der Waals surface area contributed by atoms with Gasteiger partial charge in [-0.15, -0.1) is 0 Å². The Kier molecular flexibility index (Phi) is 6.86.